The number of nitrogens with one attached hydrogen (secondary N) is 2. The maximum atomic E-state index is 8.52. The van der Waals surface area contributed by atoms with E-state index in [1.807, 2.05) is 18.2 Å². The second-order valence-electron chi connectivity index (χ2n) is 2.32. The average Bonchev–Trinajstić information content (AvgIpc) is 2.16. The Bertz CT molecular complexity index is 265. The van der Waals surface area contributed by atoms with Crippen LogP contribution in [-0.4, -0.2) is 28.4 Å². The first-order chi connectivity index (χ1) is 6.33. The van der Waals surface area contributed by atoms with Crippen molar-refractivity contribution in [2.45, 2.75) is 0 Å². The van der Waals surface area contributed by atoms with E-state index in [9.17, 15) is 0 Å². The fourth-order valence-electron chi connectivity index (χ4n) is 0.767. The largest absolute Gasteiger partial charge is 0.395 e. The van der Waals surface area contributed by atoms with Crippen LogP contribution in [0.3, 0.4) is 0 Å². The fraction of sp³-hybridized carbons (Fsp3) is 0.250. The number of aromatic nitrogens is 1. The number of nitrogens with zero attached hydrogens (tertiary/aromatic N) is 1. The summed E-state index contributed by atoms with van der Waals surface area (Å²) >= 11 is 4.93. The monoisotopic (exact) mass is 197 g/mol. The van der Waals surface area contributed by atoms with E-state index in [-0.39, 0.29) is 6.61 Å². The van der Waals surface area contributed by atoms with Gasteiger partial charge in [0.1, 0.15) is 5.82 Å². The Morgan fingerprint density at radius 1 is 1.54 bits per heavy atom. The van der Waals surface area contributed by atoms with E-state index in [4.69, 9.17) is 17.3 Å². The molecule has 0 unspecified atom stereocenters. The lowest BCUT2D eigenvalue weighted by Crippen LogP contribution is -2.30. The van der Waals surface area contributed by atoms with Crippen LogP contribution in [0, 0.1) is 0 Å². The van der Waals surface area contributed by atoms with Gasteiger partial charge in [-0.1, -0.05) is 6.07 Å². The zero-order valence-electron chi connectivity index (χ0n) is 7.03. The Morgan fingerprint density at radius 2 is 2.38 bits per heavy atom. The van der Waals surface area contributed by atoms with E-state index in [1.165, 1.54) is 0 Å². The molecule has 0 saturated heterocycles. The summed E-state index contributed by atoms with van der Waals surface area (Å²) < 4.78 is 0. The van der Waals surface area contributed by atoms with Crippen molar-refractivity contribution in [3.05, 3.63) is 24.4 Å². The van der Waals surface area contributed by atoms with Gasteiger partial charge in [0, 0.05) is 12.7 Å². The third-order valence-electron chi connectivity index (χ3n) is 1.30. The van der Waals surface area contributed by atoms with Crippen molar-refractivity contribution in [2.24, 2.45) is 0 Å². The molecule has 0 aromatic carbocycles. The highest BCUT2D eigenvalue weighted by molar-refractivity contribution is 7.80. The van der Waals surface area contributed by atoms with Crippen molar-refractivity contribution in [3.8, 4) is 0 Å². The predicted octanol–water partition coefficient (Wildman–Crippen LogP) is 0.360. The van der Waals surface area contributed by atoms with Gasteiger partial charge in [-0.3, -0.25) is 0 Å². The summed E-state index contributed by atoms with van der Waals surface area (Å²) in [6, 6.07) is 5.51. The van der Waals surface area contributed by atoms with Gasteiger partial charge in [-0.15, -0.1) is 0 Å². The van der Waals surface area contributed by atoms with Crippen molar-refractivity contribution in [3.63, 3.8) is 0 Å². The first kappa shape index (κ1) is 9.88. The Kier molecular flexibility index (Phi) is 4.14. The van der Waals surface area contributed by atoms with Crippen molar-refractivity contribution >= 4 is 23.1 Å². The zero-order valence-corrected chi connectivity index (χ0v) is 7.84. The second-order valence-corrected chi connectivity index (χ2v) is 2.73. The molecule has 0 aliphatic rings. The van der Waals surface area contributed by atoms with E-state index in [0.717, 1.165) is 0 Å². The van der Waals surface area contributed by atoms with Crippen molar-refractivity contribution < 1.29 is 5.11 Å². The Hall–Kier alpha value is -1.20. The number of rotatable bonds is 3. The topological polar surface area (TPSA) is 57.2 Å². The third kappa shape index (κ3) is 3.82. The van der Waals surface area contributed by atoms with Gasteiger partial charge in [0.25, 0.3) is 0 Å². The SMILES string of the molecule is OCCNC(=S)Nc1ccccn1. The molecular weight excluding hydrogens is 186 g/mol. The second kappa shape index (κ2) is 5.45. The summed E-state index contributed by atoms with van der Waals surface area (Å²) in [4.78, 5) is 4.03. The van der Waals surface area contributed by atoms with Gasteiger partial charge in [-0.25, -0.2) is 4.98 Å². The van der Waals surface area contributed by atoms with Crippen LogP contribution in [-0.2, 0) is 0 Å². The molecule has 1 aromatic rings. The summed E-state index contributed by atoms with van der Waals surface area (Å²) in [5, 5.41) is 14.7. The number of anilines is 1. The molecular formula is C8H11N3OS. The lowest BCUT2D eigenvalue weighted by atomic mass is 10.5. The average molecular weight is 197 g/mol. The normalized spacial score (nSPS) is 9.31. The summed E-state index contributed by atoms with van der Waals surface area (Å²) in [6.07, 6.45) is 1.68. The Morgan fingerprint density at radius 3 is 3.00 bits per heavy atom. The van der Waals surface area contributed by atoms with Crippen molar-refractivity contribution in [2.75, 3.05) is 18.5 Å². The standard InChI is InChI=1S/C8H11N3OS/c12-6-5-10-8(13)11-7-3-1-2-4-9-7/h1-4,12H,5-6H2,(H2,9,10,11,13). The Balaban J connectivity index is 2.37. The van der Waals surface area contributed by atoms with Crippen LogP contribution in [0.5, 0.6) is 0 Å². The van der Waals surface area contributed by atoms with Gasteiger partial charge in [0.15, 0.2) is 5.11 Å². The smallest absolute Gasteiger partial charge is 0.172 e. The molecule has 1 heterocycles. The minimum Gasteiger partial charge on any atom is -0.395 e. The van der Waals surface area contributed by atoms with Gasteiger partial charge in [-0.2, -0.15) is 0 Å². The summed E-state index contributed by atoms with van der Waals surface area (Å²) in [5.74, 6) is 0.693. The van der Waals surface area contributed by atoms with E-state index in [2.05, 4.69) is 15.6 Å². The minimum atomic E-state index is 0.0596. The van der Waals surface area contributed by atoms with E-state index >= 15 is 0 Å². The maximum Gasteiger partial charge on any atom is 0.172 e. The molecule has 0 atom stereocenters. The summed E-state index contributed by atoms with van der Waals surface area (Å²) in [5.41, 5.74) is 0. The van der Waals surface area contributed by atoms with Crippen molar-refractivity contribution in [1.29, 1.82) is 0 Å². The minimum absolute atomic E-state index is 0.0596. The highest BCUT2D eigenvalue weighted by Gasteiger charge is 1.95. The molecule has 5 heteroatoms. The summed E-state index contributed by atoms with van der Waals surface area (Å²) in [7, 11) is 0. The maximum absolute atomic E-state index is 8.52. The lowest BCUT2D eigenvalue weighted by Gasteiger charge is -2.07. The molecule has 0 aliphatic heterocycles. The van der Waals surface area contributed by atoms with Crippen LogP contribution in [0.15, 0.2) is 24.4 Å². The quantitative estimate of drug-likeness (QED) is 0.611. The molecule has 0 fully saturated rings. The van der Waals surface area contributed by atoms with E-state index in [1.54, 1.807) is 6.20 Å². The molecule has 1 aromatic heterocycles. The molecule has 4 nitrogen and oxygen atoms in total. The fourth-order valence-corrected chi connectivity index (χ4v) is 0.973. The van der Waals surface area contributed by atoms with Crippen molar-refractivity contribution in [1.82, 2.24) is 10.3 Å². The lowest BCUT2D eigenvalue weighted by molar-refractivity contribution is 0.300. The molecule has 0 bridgehead atoms. The van der Waals surface area contributed by atoms with Gasteiger partial charge < -0.3 is 15.7 Å². The zero-order chi connectivity index (χ0) is 9.52. The molecule has 1 rings (SSSR count). The predicted molar refractivity (Wildman–Crippen MR) is 55.5 cm³/mol. The number of pyridine rings is 1. The van der Waals surface area contributed by atoms with Crippen LogP contribution in [0.1, 0.15) is 0 Å². The van der Waals surface area contributed by atoms with Gasteiger partial charge >= 0.3 is 0 Å². The third-order valence-corrected chi connectivity index (χ3v) is 1.55. The molecule has 0 spiro atoms. The molecule has 0 radical (unpaired) electrons. The van der Waals surface area contributed by atoms with Crippen LogP contribution in [0.25, 0.3) is 0 Å². The van der Waals surface area contributed by atoms with Crippen LogP contribution in [0.2, 0.25) is 0 Å². The van der Waals surface area contributed by atoms with Crippen LogP contribution >= 0.6 is 12.2 Å². The molecule has 3 N–H and O–H groups in total. The number of aliphatic hydroxyl groups is 1. The van der Waals surface area contributed by atoms with E-state index in [0.29, 0.717) is 17.5 Å². The summed E-state index contributed by atoms with van der Waals surface area (Å²) in [6.45, 7) is 0.503. The highest BCUT2D eigenvalue weighted by atomic mass is 32.1. The van der Waals surface area contributed by atoms with Crippen LogP contribution < -0.4 is 10.6 Å². The number of thiocarbonyl (C=S) groups is 1. The number of aliphatic hydroxyl groups excluding tert-OH is 1. The first-order valence-corrected chi connectivity index (χ1v) is 4.30. The highest BCUT2D eigenvalue weighted by Crippen LogP contribution is 1.98. The number of hydrogen-bond donors (Lipinski definition) is 3. The van der Waals surface area contributed by atoms with Gasteiger partial charge in [0.05, 0.1) is 6.61 Å². The Labute approximate surface area is 82.0 Å². The molecule has 70 valence electrons. The van der Waals surface area contributed by atoms with Gasteiger partial charge in [0.2, 0.25) is 0 Å². The molecule has 0 saturated carbocycles. The van der Waals surface area contributed by atoms with E-state index < -0.39 is 0 Å². The molecule has 0 amide bonds. The molecule has 13 heavy (non-hydrogen) atoms. The van der Waals surface area contributed by atoms with Gasteiger partial charge in [-0.05, 0) is 24.4 Å². The number of hydrogen-bond acceptors (Lipinski definition) is 3. The molecule has 0 aliphatic carbocycles. The first-order valence-electron chi connectivity index (χ1n) is 3.89. The van der Waals surface area contributed by atoms with Crippen LogP contribution in [0.4, 0.5) is 5.82 Å².